The highest BCUT2D eigenvalue weighted by molar-refractivity contribution is 5.96. The summed E-state index contributed by atoms with van der Waals surface area (Å²) in [6.07, 6.45) is 0. The van der Waals surface area contributed by atoms with Crippen LogP contribution < -0.4 is 4.90 Å². The van der Waals surface area contributed by atoms with Crippen molar-refractivity contribution in [2.75, 3.05) is 4.90 Å². The molecular formula is C47H35N. The van der Waals surface area contributed by atoms with Crippen LogP contribution in [0.1, 0.15) is 52.8 Å². The Hall–Kier alpha value is -5.66. The Kier molecular flexibility index (Phi) is 5.54. The maximum atomic E-state index is 2.49. The molecule has 3 aliphatic rings. The van der Waals surface area contributed by atoms with Gasteiger partial charge < -0.3 is 4.90 Å². The van der Waals surface area contributed by atoms with Crippen molar-refractivity contribution in [1.82, 2.24) is 0 Å². The molecule has 0 N–H and O–H groups in total. The molecule has 1 nitrogen and oxygen atoms in total. The fourth-order valence-electron chi connectivity index (χ4n) is 9.19. The van der Waals surface area contributed by atoms with E-state index in [9.17, 15) is 0 Å². The lowest BCUT2D eigenvalue weighted by molar-refractivity contribution is 0.660. The van der Waals surface area contributed by atoms with E-state index in [-0.39, 0.29) is 10.8 Å². The number of benzene rings is 7. The highest BCUT2D eigenvalue weighted by Crippen LogP contribution is 2.63. The van der Waals surface area contributed by atoms with Crippen molar-refractivity contribution >= 4 is 17.1 Å². The molecule has 228 valence electrons. The van der Waals surface area contributed by atoms with E-state index in [0.717, 1.165) is 5.69 Å². The van der Waals surface area contributed by atoms with Crippen molar-refractivity contribution in [2.45, 2.75) is 31.6 Å². The first-order valence-corrected chi connectivity index (χ1v) is 17.0. The minimum Gasteiger partial charge on any atom is -0.310 e. The summed E-state index contributed by atoms with van der Waals surface area (Å²) in [5, 5.41) is 0. The average molecular weight is 614 g/mol. The highest BCUT2D eigenvalue weighted by Gasteiger charge is 2.51. The number of aryl methyl sites for hydroxylation is 1. The number of fused-ring (bicyclic) bond motifs is 13. The van der Waals surface area contributed by atoms with E-state index in [1.54, 1.807) is 0 Å². The number of rotatable bonds is 3. The van der Waals surface area contributed by atoms with Gasteiger partial charge in [0.05, 0.1) is 5.41 Å². The molecule has 48 heavy (non-hydrogen) atoms. The molecule has 7 aromatic carbocycles. The van der Waals surface area contributed by atoms with Crippen molar-refractivity contribution < 1.29 is 0 Å². The molecule has 0 radical (unpaired) electrons. The van der Waals surface area contributed by atoms with Crippen LogP contribution in [0, 0.1) is 6.92 Å². The van der Waals surface area contributed by atoms with Crippen LogP contribution in [0.4, 0.5) is 17.1 Å². The summed E-state index contributed by atoms with van der Waals surface area (Å²) >= 11 is 0. The maximum Gasteiger partial charge on any atom is 0.0726 e. The number of hydrogen-bond acceptors (Lipinski definition) is 1. The first-order valence-electron chi connectivity index (χ1n) is 17.0. The Morgan fingerprint density at radius 1 is 0.354 bits per heavy atom. The largest absolute Gasteiger partial charge is 0.310 e. The van der Waals surface area contributed by atoms with Crippen molar-refractivity contribution in [3.63, 3.8) is 0 Å². The molecule has 1 heteroatoms. The van der Waals surface area contributed by atoms with Gasteiger partial charge in [-0.25, -0.2) is 0 Å². The molecule has 1 spiro atoms. The van der Waals surface area contributed by atoms with Crippen LogP contribution in [0.25, 0.3) is 33.4 Å². The molecule has 0 unspecified atom stereocenters. The van der Waals surface area contributed by atoms with Crippen LogP contribution in [0.15, 0.2) is 158 Å². The second-order valence-corrected chi connectivity index (χ2v) is 14.2. The second-order valence-electron chi connectivity index (χ2n) is 14.2. The number of nitrogens with zero attached hydrogens (tertiary/aromatic N) is 1. The van der Waals surface area contributed by atoms with E-state index in [1.807, 2.05) is 0 Å². The van der Waals surface area contributed by atoms with Gasteiger partial charge in [-0.3, -0.25) is 0 Å². The summed E-state index contributed by atoms with van der Waals surface area (Å²) in [5.74, 6) is 0. The van der Waals surface area contributed by atoms with E-state index in [1.165, 1.54) is 83.7 Å². The van der Waals surface area contributed by atoms with Gasteiger partial charge in [-0.15, -0.1) is 0 Å². The minimum atomic E-state index is -0.379. The first-order chi connectivity index (χ1) is 23.5. The zero-order valence-corrected chi connectivity index (χ0v) is 27.5. The third-order valence-electron chi connectivity index (χ3n) is 11.4. The minimum absolute atomic E-state index is 0.0816. The zero-order chi connectivity index (χ0) is 32.2. The third kappa shape index (κ3) is 3.46. The van der Waals surface area contributed by atoms with E-state index in [2.05, 4.69) is 183 Å². The van der Waals surface area contributed by atoms with Crippen molar-refractivity contribution in [2.24, 2.45) is 0 Å². The molecule has 0 saturated heterocycles. The number of hydrogen-bond donors (Lipinski definition) is 0. The monoisotopic (exact) mass is 613 g/mol. The Morgan fingerprint density at radius 3 is 1.25 bits per heavy atom. The van der Waals surface area contributed by atoms with Gasteiger partial charge in [0.15, 0.2) is 0 Å². The van der Waals surface area contributed by atoms with Crippen molar-refractivity contribution in [1.29, 1.82) is 0 Å². The van der Waals surface area contributed by atoms with Crippen LogP contribution in [-0.4, -0.2) is 0 Å². The van der Waals surface area contributed by atoms with Crippen LogP contribution in [0.3, 0.4) is 0 Å². The molecule has 10 rings (SSSR count). The topological polar surface area (TPSA) is 3.24 Å². The molecule has 0 atom stereocenters. The fraction of sp³-hybridized carbons (Fsp3) is 0.106. The van der Waals surface area contributed by atoms with Gasteiger partial charge in [0.25, 0.3) is 0 Å². The van der Waals surface area contributed by atoms with Crippen molar-refractivity contribution in [3.05, 3.63) is 197 Å². The van der Waals surface area contributed by atoms with Crippen LogP contribution in [0.2, 0.25) is 0 Å². The van der Waals surface area contributed by atoms with Gasteiger partial charge >= 0.3 is 0 Å². The smallest absolute Gasteiger partial charge is 0.0726 e. The van der Waals surface area contributed by atoms with Gasteiger partial charge in [-0.1, -0.05) is 141 Å². The third-order valence-corrected chi connectivity index (χ3v) is 11.4. The van der Waals surface area contributed by atoms with Gasteiger partial charge in [-0.2, -0.15) is 0 Å². The normalized spacial score (nSPS) is 14.9. The molecule has 0 amide bonds. The van der Waals surface area contributed by atoms with E-state index in [4.69, 9.17) is 0 Å². The van der Waals surface area contributed by atoms with Crippen LogP contribution in [-0.2, 0) is 10.8 Å². The second kappa shape index (κ2) is 9.69. The molecule has 3 aliphatic carbocycles. The molecule has 0 saturated carbocycles. The predicted octanol–water partition coefficient (Wildman–Crippen LogP) is 12.1. The van der Waals surface area contributed by atoms with Gasteiger partial charge in [0.2, 0.25) is 0 Å². The Morgan fingerprint density at radius 2 is 0.729 bits per heavy atom. The zero-order valence-electron chi connectivity index (χ0n) is 27.5. The summed E-state index contributed by atoms with van der Waals surface area (Å²) in [5.41, 5.74) is 20.5. The summed E-state index contributed by atoms with van der Waals surface area (Å²) in [4.78, 5) is 2.46. The molecular weight excluding hydrogens is 579 g/mol. The summed E-state index contributed by atoms with van der Waals surface area (Å²) in [7, 11) is 0. The summed E-state index contributed by atoms with van der Waals surface area (Å²) in [6.45, 7) is 6.89. The standard InChI is InChI=1S/C47H35N/c1-30-20-22-31(23-21-30)48(32-24-26-38-34-12-4-8-16-40(34)46(2,3)44(38)28-32)33-25-27-39-37-15-7-11-19-43(37)47(45(39)29-33)41-17-9-5-13-35(41)36-14-6-10-18-42(36)47/h4-29H,1-3H3. The van der Waals surface area contributed by atoms with E-state index >= 15 is 0 Å². The lowest BCUT2D eigenvalue weighted by atomic mass is 9.70. The molecule has 0 heterocycles. The summed E-state index contributed by atoms with van der Waals surface area (Å²) < 4.78 is 0. The van der Waals surface area contributed by atoms with Crippen molar-refractivity contribution in [3.8, 4) is 33.4 Å². The lowest BCUT2D eigenvalue weighted by Crippen LogP contribution is -2.26. The van der Waals surface area contributed by atoms with E-state index in [0.29, 0.717) is 0 Å². The Balaban J connectivity index is 1.23. The average Bonchev–Trinajstić information content (AvgIpc) is 3.68. The molecule has 0 aromatic heterocycles. The molecule has 0 bridgehead atoms. The maximum absolute atomic E-state index is 2.49. The predicted molar refractivity (Wildman–Crippen MR) is 200 cm³/mol. The van der Waals surface area contributed by atoms with Gasteiger partial charge in [0.1, 0.15) is 0 Å². The lowest BCUT2D eigenvalue weighted by Gasteiger charge is -2.32. The summed E-state index contributed by atoms with van der Waals surface area (Å²) in [6, 6.07) is 59.3. The Labute approximate surface area is 282 Å². The quantitative estimate of drug-likeness (QED) is 0.192. The molecule has 7 aromatic rings. The fourth-order valence-corrected chi connectivity index (χ4v) is 9.19. The molecule has 0 fully saturated rings. The SMILES string of the molecule is Cc1ccc(N(c2ccc3c(c2)C(C)(C)c2ccccc2-3)c2ccc3c(c2)C2(c4ccccc4-c4ccccc42)c2ccccc2-3)cc1. The van der Waals surface area contributed by atoms with Gasteiger partial charge in [-0.05, 0) is 110 Å². The van der Waals surface area contributed by atoms with E-state index < -0.39 is 0 Å². The number of anilines is 3. The molecule has 0 aliphatic heterocycles. The highest BCUT2D eigenvalue weighted by atomic mass is 15.1. The Bertz CT molecular complexity index is 2380. The van der Waals surface area contributed by atoms with Gasteiger partial charge in [0, 0.05) is 22.5 Å². The van der Waals surface area contributed by atoms with Crippen LogP contribution in [0.5, 0.6) is 0 Å². The first kappa shape index (κ1) is 27.5. The van der Waals surface area contributed by atoms with Crippen LogP contribution >= 0.6 is 0 Å².